The smallest absolute Gasteiger partial charge is 0.325 e. The van der Waals surface area contributed by atoms with Gasteiger partial charge in [0.2, 0.25) is 15.9 Å². The molecule has 1 saturated heterocycles. The number of carbonyl (C=O) groups excluding carboxylic acids is 1. The Labute approximate surface area is 194 Å². The molecule has 0 bridgehead atoms. The van der Waals surface area contributed by atoms with Gasteiger partial charge in [-0.25, -0.2) is 8.42 Å². The minimum absolute atomic E-state index is 0.0903. The zero-order valence-electron chi connectivity index (χ0n) is 17.3. The van der Waals surface area contributed by atoms with E-state index in [-0.39, 0.29) is 41.5 Å². The zero-order chi connectivity index (χ0) is 23.8. The normalized spacial score (nSPS) is 16.1. The second-order valence-electron chi connectivity index (χ2n) is 7.86. The van der Waals surface area contributed by atoms with Crippen LogP contribution in [-0.2, 0) is 21.0 Å². The number of hydrogen-bond donors (Lipinski definition) is 1. The third-order valence-corrected chi connectivity index (χ3v) is 7.86. The van der Waals surface area contributed by atoms with Gasteiger partial charge in [-0.15, -0.1) is 0 Å². The second-order valence-corrected chi connectivity index (χ2v) is 10.2. The molecule has 0 spiro atoms. The monoisotopic (exact) mass is 496 g/mol. The van der Waals surface area contributed by atoms with E-state index in [9.17, 15) is 26.4 Å². The van der Waals surface area contributed by atoms with Gasteiger partial charge in [0.05, 0.1) is 16.1 Å². The molecule has 0 aromatic heterocycles. The van der Waals surface area contributed by atoms with E-state index in [0.717, 1.165) is 22.9 Å². The number of nitrogens with one attached hydrogen (secondary N) is 1. The van der Waals surface area contributed by atoms with E-state index in [1.807, 2.05) is 24.3 Å². The molecule has 0 saturated carbocycles. The van der Waals surface area contributed by atoms with Crippen LogP contribution in [0, 0.1) is 5.92 Å². The molecule has 1 N–H and O–H groups in total. The first-order valence-corrected chi connectivity index (χ1v) is 12.0. The molecule has 3 aromatic rings. The maximum atomic E-state index is 13.3. The van der Waals surface area contributed by atoms with Crippen molar-refractivity contribution < 1.29 is 26.4 Å². The Balaban J connectivity index is 1.45. The van der Waals surface area contributed by atoms with Crippen LogP contribution in [0.1, 0.15) is 18.4 Å². The largest absolute Gasteiger partial charge is 0.418 e. The highest BCUT2D eigenvalue weighted by atomic mass is 35.5. The number of alkyl halides is 3. The number of carbonyl (C=O) groups is 1. The van der Waals surface area contributed by atoms with Gasteiger partial charge in [-0.3, -0.25) is 4.79 Å². The molecule has 1 heterocycles. The summed E-state index contributed by atoms with van der Waals surface area (Å²) in [6.07, 6.45) is -4.27. The zero-order valence-corrected chi connectivity index (χ0v) is 18.8. The molecule has 10 heteroatoms. The van der Waals surface area contributed by atoms with Crippen LogP contribution in [0.25, 0.3) is 10.8 Å². The van der Waals surface area contributed by atoms with Crippen LogP contribution in [0.5, 0.6) is 0 Å². The van der Waals surface area contributed by atoms with Gasteiger partial charge in [0.25, 0.3) is 0 Å². The van der Waals surface area contributed by atoms with E-state index < -0.39 is 33.6 Å². The van der Waals surface area contributed by atoms with Crippen LogP contribution in [0.2, 0.25) is 5.02 Å². The van der Waals surface area contributed by atoms with Crippen molar-refractivity contribution in [3.05, 3.63) is 71.2 Å². The molecule has 33 heavy (non-hydrogen) atoms. The highest BCUT2D eigenvalue weighted by Gasteiger charge is 2.36. The number of piperidine rings is 1. The number of amides is 1. The average Bonchev–Trinajstić information content (AvgIpc) is 2.79. The second kappa shape index (κ2) is 8.96. The van der Waals surface area contributed by atoms with Crippen LogP contribution in [0.3, 0.4) is 0 Å². The molecule has 174 valence electrons. The predicted molar refractivity (Wildman–Crippen MR) is 121 cm³/mol. The van der Waals surface area contributed by atoms with Crippen LogP contribution >= 0.6 is 11.6 Å². The lowest BCUT2D eigenvalue weighted by Gasteiger charge is -2.30. The Hall–Kier alpha value is -2.62. The molecule has 0 unspecified atom stereocenters. The van der Waals surface area contributed by atoms with E-state index >= 15 is 0 Å². The number of anilines is 1. The molecule has 1 fully saturated rings. The molecule has 0 aliphatic carbocycles. The summed E-state index contributed by atoms with van der Waals surface area (Å²) >= 11 is 5.67. The lowest BCUT2D eigenvalue weighted by molar-refractivity contribution is -0.137. The Bertz CT molecular complexity index is 1300. The summed E-state index contributed by atoms with van der Waals surface area (Å²) in [6, 6.07) is 15.5. The number of benzene rings is 3. The van der Waals surface area contributed by atoms with Gasteiger partial charge in [-0.1, -0.05) is 41.9 Å². The fourth-order valence-corrected chi connectivity index (χ4v) is 5.61. The van der Waals surface area contributed by atoms with Gasteiger partial charge in [-0.05, 0) is 53.9 Å². The minimum Gasteiger partial charge on any atom is -0.325 e. The molecule has 5 nitrogen and oxygen atoms in total. The van der Waals surface area contributed by atoms with Crippen molar-refractivity contribution in [3.8, 4) is 0 Å². The summed E-state index contributed by atoms with van der Waals surface area (Å²) in [5.41, 5.74) is -1.40. The maximum absolute atomic E-state index is 13.3. The maximum Gasteiger partial charge on any atom is 0.418 e. The van der Waals surface area contributed by atoms with Crippen molar-refractivity contribution in [1.82, 2.24) is 4.31 Å². The van der Waals surface area contributed by atoms with Crippen molar-refractivity contribution in [1.29, 1.82) is 0 Å². The SMILES string of the molecule is O=C(Nc1ccc(Cl)cc1C(F)(F)F)C1CCN(S(=O)(=O)c2ccc3ccccc3c2)CC1. The number of fused-ring (bicyclic) bond motifs is 1. The van der Waals surface area contributed by atoms with Gasteiger partial charge in [0.15, 0.2) is 0 Å². The van der Waals surface area contributed by atoms with Crippen molar-refractivity contribution >= 4 is 44.0 Å². The molecular weight excluding hydrogens is 477 g/mol. The fourth-order valence-electron chi connectivity index (χ4n) is 3.93. The molecule has 3 aromatic carbocycles. The van der Waals surface area contributed by atoms with Crippen LogP contribution in [0.4, 0.5) is 18.9 Å². The highest BCUT2D eigenvalue weighted by Crippen LogP contribution is 2.37. The summed E-state index contributed by atoms with van der Waals surface area (Å²) < 4.78 is 67.3. The van der Waals surface area contributed by atoms with Crippen molar-refractivity contribution in [3.63, 3.8) is 0 Å². The van der Waals surface area contributed by atoms with Crippen LogP contribution in [0.15, 0.2) is 65.6 Å². The third kappa shape index (κ3) is 5.00. The Morgan fingerprint density at radius 3 is 2.30 bits per heavy atom. The van der Waals surface area contributed by atoms with Crippen LogP contribution < -0.4 is 5.32 Å². The summed E-state index contributed by atoms with van der Waals surface area (Å²) in [7, 11) is -3.75. The van der Waals surface area contributed by atoms with Gasteiger partial charge >= 0.3 is 6.18 Å². The highest BCUT2D eigenvalue weighted by molar-refractivity contribution is 7.89. The summed E-state index contributed by atoms with van der Waals surface area (Å²) in [5, 5.41) is 3.97. The first-order chi connectivity index (χ1) is 15.6. The van der Waals surface area contributed by atoms with Crippen molar-refractivity contribution in [2.24, 2.45) is 5.92 Å². The van der Waals surface area contributed by atoms with Gasteiger partial charge in [-0.2, -0.15) is 17.5 Å². The lowest BCUT2D eigenvalue weighted by atomic mass is 9.97. The number of halogens is 4. The molecule has 0 atom stereocenters. The van der Waals surface area contributed by atoms with Crippen molar-refractivity contribution in [2.45, 2.75) is 23.9 Å². The van der Waals surface area contributed by atoms with E-state index in [0.29, 0.717) is 0 Å². The Morgan fingerprint density at radius 1 is 0.970 bits per heavy atom. The topological polar surface area (TPSA) is 66.5 Å². The summed E-state index contributed by atoms with van der Waals surface area (Å²) in [6.45, 7) is 0.194. The first kappa shape index (κ1) is 23.5. The molecule has 1 aliphatic rings. The quantitative estimate of drug-likeness (QED) is 0.515. The lowest BCUT2D eigenvalue weighted by Crippen LogP contribution is -2.41. The van der Waals surface area contributed by atoms with E-state index in [2.05, 4.69) is 5.32 Å². The minimum atomic E-state index is -4.68. The summed E-state index contributed by atoms with van der Waals surface area (Å²) in [5.74, 6) is -1.18. The molecule has 1 amide bonds. The standard InChI is InChI=1S/C23H20ClF3N2O3S/c24-18-6-8-21(20(14-18)23(25,26)27)28-22(30)16-9-11-29(12-10-16)33(31,32)19-7-5-15-3-1-2-4-17(15)13-19/h1-8,13-14,16H,9-12H2,(H,28,30). The van der Waals surface area contributed by atoms with Crippen LogP contribution in [-0.4, -0.2) is 31.7 Å². The number of nitrogens with zero attached hydrogens (tertiary/aromatic N) is 1. The third-order valence-electron chi connectivity index (χ3n) is 5.73. The molecular formula is C23H20ClF3N2O3S. The number of sulfonamides is 1. The van der Waals surface area contributed by atoms with E-state index in [4.69, 9.17) is 11.6 Å². The predicted octanol–water partition coefficient (Wildman–Crippen LogP) is 5.55. The van der Waals surface area contributed by atoms with Gasteiger partial charge in [0, 0.05) is 24.0 Å². The molecule has 0 radical (unpaired) electrons. The van der Waals surface area contributed by atoms with E-state index in [1.165, 1.54) is 10.4 Å². The first-order valence-electron chi connectivity index (χ1n) is 10.2. The number of rotatable bonds is 4. The number of hydrogen-bond acceptors (Lipinski definition) is 3. The van der Waals surface area contributed by atoms with Gasteiger partial charge < -0.3 is 5.32 Å². The fraction of sp³-hybridized carbons (Fsp3) is 0.261. The van der Waals surface area contributed by atoms with E-state index in [1.54, 1.807) is 18.2 Å². The van der Waals surface area contributed by atoms with Crippen molar-refractivity contribution in [2.75, 3.05) is 18.4 Å². The Morgan fingerprint density at radius 2 is 1.64 bits per heavy atom. The molecule has 4 rings (SSSR count). The average molecular weight is 497 g/mol. The summed E-state index contributed by atoms with van der Waals surface area (Å²) in [4.78, 5) is 12.8. The Kier molecular flexibility index (Phi) is 6.39. The molecule has 1 aliphatic heterocycles. The van der Waals surface area contributed by atoms with Gasteiger partial charge in [0.1, 0.15) is 0 Å².